The van der Waals surface area contributed by atoms with Gasteiger partial charge in [-0.3, -0.25) is 29.2 Å². The van der Waals surface area contributed by atoms with Crippen molar-refractivity contribution in [3.8, 4) is 0 Å². The van der Waals surface area contributed by atoms with Gasteiger partial charge in [0.1, 0.15) is 18.6 Å². The van der Waals surface area contributed by atoms with E-state index in [0.29, 0.717) is 19.4 Å². The number of carbonyl (C=O) groups excluding carboxylic acids is 3. The smallest absolute Gasteiger partial charge is 0.322 e. The van der Waals surface area contributed by atoms with Gasteiger partial charge in [-0.15, -0.1) is 0 Å². The summed E-state index contributed by atoms with van der Waals surface area (Å²) in [7, 11) is 0. The Labute approximate surface area is 196 Å². The molecule has 0 rings (SSSR count). The molecule has 3 atom stereocenters. The zero-order valence-corrected chi connectivity index (χ0v) is 19.1. The number of hydrogen-bond donors (Lipinski definition) is 10. The van der Waals surface area contributed by atoms with Crippen LogP contribution in [0.3, 0.4) is 0 Å². The van der Waals surface area contributed by atoms with Crippen molar-refractivity contribution >= 4 is 48.2 Å². The van der Waals surface area contributed by atoms with E-state index in [2.05, 4.69) is 38.6 Å². The summed E-state index contributed by atoms with van der Waals surface area (Å²) in [5, 5.41) is 15.8. The number of carboxylic acids is 1. The topological polar surface area (TPSA) is 279 Å². The Kier molecular flexibility index (Phi) is 14.8. The fourth-order valence-electron chi connectivity index (χ4n) is 2.45. The first-order chi connectivity index (χ1) is 15.5. The van der Waals surface area contributed by atoms with E-state index in [1.807, 2.05) is 0 Å². The summed E-state index contributed by atoms with van der Waals surface area (Å²) in [5.74, 6) is -3.53. The molecule has 0 spiro atoms. The van der Waals surface area contributed by atoms with Gasteiger partial charge in [0.05, 0.1) is 6.04 Å². The number of nitrogens with zero attached hydrogens (tertiary/aromatic N) is 2. The van der Waals surface area contributed by atoms with Crippen molar-refractivity contribution < 1.29 is 24.3 Å². The number of amides is 3. The molecule has 0 aliphatic carbocycles. The van der Waals surface area contributed by atoms with E-state index >= 15 is 0 Å². The SMILES string of the molecule is NC(N)=NCCCC(N)C(=O)NC(CCCN=C(N)N)C(=O)NC(CS)C(=O)NCC(=O)O. The van der Waals surface area contributed by atoms with Gasteiger partial charge in [-0.1, -0.05) is 0 Å². The van der Waals surface area contributed by atoms with Crippen LogP contribution in [0.5, 0.6) is 0 Å². The number of hydrogen-bond acceptors (Lipinski definition) is 8. The molecule has 0 aliphatic rings. The second kappa shape index (κ2) is 16.4. The molecular weight excluding hydrogens is 456 g/mol. The summed E-state index contributed by atoms with van der Waals surface area (Å²) in [4.78, 5) is 55.5. The first-order valence-electron chi connectivity index (χ1n) is 10.0. The van der Waals surface area contributed by atoms with E-state index < -0.39 is 48.4 Å². The number of rotatable bonds is 16. The quantitative estimate of drug-likeness (QED) is 0.0428. The highest BCUT2D eigenvalue weighted by Gasteiger charge is 2.27. The Balaban J connectivity index is 5.10. The van der Waals surface area contributed by atoms with Crippen molar-refractivity contribution in [2.45, 2.75) is 43.8 Å². The molecule has 3 unspecified atom stereocenters. The first-order valence-corrected chi connectivity index (χ1v) is 10.7. The maximum Gasteiger partial charge on any atom is 0.322 e. The molecule has 0 aromatic heterocycles. The fraction of sp³-hybridized carbons (Fsp3) is 0.647. The predicted molar refractivity (Wildman–Crippen MR) is 126 cm³/mol. The molecule has 16 heteroatoms. The number of thiol groups is 1. The van der Waals surface area contributed by atoms with Crippen molar-refractivity contribution in [1.29, 1.82) is 0 Å². The van der Waals surface area contributed by atoms with Gasteiger partial charge in [0.2, 0.25) is 17.7 Å². The number of carbonyl (C=O) groups is 4. The van der Waals surface area contributed by atoms with Gasteiger partial charge in [0.25, 0.3) is 0 Å². The van der Waals surface area contributed by atoms with E-state index in [9.17, 15) is 19.2 Å². The van der Waals surface area contributed by atoms with Crippen LogP contribution < -0.4 is 44.6 Å². The minimum Gasteiger partial charge on any atom is -0.480 e. The Morgan fingerprint density at radius 1 is 0.818 bits per heavy atom. The zero-order chi connectivity index (χ0) is 25.4. The summed E-state index contributed by atoms with van der Waals surface area (Å²) in [6, 6.07) is -3.09. The molecule has 0 radical (unpaired) electrons. The largest absolute Gasteiger partial charge is 0.480 e. The molecular formula is C17H34N10O5S. The molecule has 0 aromatic rings. The number of aliphatic carboxylic acids is 1. The summed E-state index contributed by atoms with van der Waals surface area (Å²) >= 11 is 4.01. The van der Waals surface area contributed by atoms with Crippen molar-refractivity contribution in [2.75, 3.05) is 25.4 Å². The van der Waals surface area contributed by atoms with E-state index in [1.165, 1.54) is 0 Å². The van der Waals surface area contributed by atoms with Gasteiger partial charge < -0.3 is 49.7 Å². The van der Waals surface area contributed by atoms with Crippen LogP contribution in [0.4, 0.5) is 0 Å². The van der Waals surface area contributed by atoms with Crippen molar-refractivity contribution in [3.63, 3.8) is 0 Å². The van der Waals surface area contributed by atoms with Gasteiger partial charge in [-0.05, 0) is 25.7 Å². The first kappa shape index (κ1) is 29.7. The highest BCUT2D eigenvalue weighted by molar-refractivity contribution is 7.80. The average molecular weight is 491 g/mol. The molecule has 188 valence electrons. The van der Waals surface area contributed by atoms with Crippen LogP contribution in [-0.4, -0.2) is 84.2 Å². The molecule has 0 aliphatic heterocycles. The minimum atomic E-state index is -1.24. The third-order valence-electron chi connectivity index (χ3n) is 4.11. The molecule has 0 bridgehead atoms. The number of carboxylic acid groups (broad SMARTS) is 1. The van der Waals surface area contributed by atoms with Crippen molar-refractivity contribution in [2.24, 2.45) is 38.7 Å². The minimum absolute atomic E-state index is 0.0725. The average Bonchev–Trinajstić information content (AvgIpc) is 2.74. The third kappa shape index (κ3) is 14.4. The molecule has 0 fully saturated rings. The highest BCUT2D eigenvalue weighted by Crippen LogP contribution is 2.03. The van der Waals surface area contributed by atoms with E-state index in [4.69, 9.17) is 33.8 Å². The van der Waals surface area contributed by atoms with Crippen molar-refractivity contribution in [1.82, 2.24) is 16.0 Å². The second-order valence-corrected chi connectivity index (χ2v) is 7.29. The van der Waals surface area contributed by atoms with Gasteiger partial charge in [0, 0.05) is 18.8 Å². The zero-order valence-electron chi connectivity index (χ0n) is 18.2. The lowest BCUT2D eigenvalue weighted by Gasteiger charge is -2.23. The molecule has 0 heterocycles. The third-order valence-corrected chi connectivity index (χ3v) is 4.48. The molecule has 0 aromatic carbocycles. The summed E-state index contributed by atoms with van der Waals surface area (Å²) in [6.45, 7) is -0.116. The molecule has 33 heavy (non-hydrogen) atoms. The van der Waals surface area contributed by atoms with E-state index in [1.54, 1.807) is 0 Å². The lowest BCUT2D eigenvalue weighted by atomic mass is 10.1. The van der Waals surface area contributed by atoms with Gasteiger partial charge in [-0.25, -0.2) is 0 Å². The monoisotopic (exact) mass is 490 g/mol. The fourth-order valence-corrected chi connectivity index (χ4v) is 2.71. The predicted octanol–water partition coefficient (Wildman–Crippen LogP) is -4.48. The normalized spacial score (nSPS) is 13.0. The molecule has 14 N–H and O–H groups in total. The highest BCUT2D eigenvalue weighted by atomic mass is 32.1. The van der Waals surface area contributed by atoms with Gasteiger partial charge >= 0.3 is 5.97 Å². The summed E-state index contributed by atoms with van der Waals surface area (Å²) in [5.41, 5.74) is 26.9. The summed E-state index contributed by atoms with van der Waals surface area (Å²) < 4.78 is 0. The van der Waals surface area contributed by atoms with Crippen molar-refractivity contribution in [3.05, 3.63) is 0 Å². The van der Waals surface area contributed by atoms with Crippen LogP contribution >= 0.6 is 12.6 Å². The van der Waals surface area contributed by atoms with Gasteiger partial charge in [-0.2, -0.15) is 12.6 Å². The van der Waals surface area contributed by atoms with Gasteiger partial charge in [0.15, 0.2) is 11.9 Å². The van der Waals surface area contributed by atoms with E-state index in [0.717, 1.165) is 0 Å². The standard InChI is InChI=1S/C17H34N10O5S/c18-9(3-1-5-23-16(19)20)13(30)26-10(4-2-6-24-17(21)22)15(32)27-11(8-33)14(31)25-7-12(28)29/h9-11,33H,1-8,18H2,(H,25,31)(H,26,30)(H,27,32)(H,28,29)(H4,19,20,23)(H4,21,22,24). The Hall–Kier alpha value is -3.27. The van der Waals surface area contributed by atoms with Crippen LogP contribution in [0, 0.1) is 0 Å². The van der Waals surface area contributed by atoms with Crippen LogP contribution in [-0.2, 0) is 19.2 Å². The number of nitrogens with one attached hydrogen (secondary N) is 3. The van der Waals surface area contributed by atoms with Crippen LogP contribution in [0.25, 0.3) is 0 Å². The molecule has 3 amide bonds. The molecule has 15 nitrogen and oxygen atoms in total. The number of aliphatic imine (C=N–C) groups is 2. The van der Waals surface area contributed by atoms with Crippen LogP contribution in [0.2, 0.25) is 0 Å². The lowest BCUT2D eigenvalue weighted by Crippen LogP contribution is -2.56. The summed E-state index contributed by atoms with van der Waals surface area (Å²) in [6.07, 6.45) is 1.19. The molecule has 0 saturated carbocycles. The number of guanidine groups is 2. The lowest BCUT2D eigenvalue weighted by molar-refractivity contribution is -0.138. The molecule has 0 saturated heterocycles. The number of nitrogens with two attached hydrogens (primary N) is 5. The van der Waals surface area contributed by atoms with E-state index in [-0.39, 0.29) is 37.1 Å². The second-order valence-electron chi connectivity index (χ2n) is 6.92. The Morgan fingerprint density at radius 3 is 1.82 bits per heavy atom. The Bertz CT molecular complexity index is 725. The maximum absolute atomic E-state index is 12.7. The van der Waals surface area contributed by atoms with Crippen LogP contribution in [0.15, 0.2) is 9.98 Å². The maximum atomic E-state index is 12.7. The van der Waals surface area contributed by atoms with Crippen LogP contribution in [0.1, 0.15) is 25.7 Å². The Morgan fingerprint density at radius 2 is 1.33 bits per heavy atom.